The van der Waals surface area contributed by atoms with E-state index in [1.165, 1.54) is 0 Å². The van der Waals surface area contributed by atoms with E-state index in [0.717, 1.165) is 0 Å². The fourth-order valence-electron chi connectivity index (χ4n) is 0.340. The maximum absolute atomic E-state index is 8.21. The standard InChI is InChI=1S/C4H7O2/c1-3-4(2-5)6-3/h3-5H,1-2H2. The van der Waals surface area contributed by atoms with Gasteiger partial charge in [-0.1, -0.05) is 0 Å². The van der Waals surface area contributed by atoms with Crippen molar-refractivity contribution in [3.05, 3.63) is 6.92 Å². The lowest BCUT2D eigenvalue weighted by molar-refractivity contribution is 0.243. The highest BCUT2D eigenvalue weighted by atomic mass is 16.6. The minimum absolute atomic E-state index is 0.0463. The summed E-state index contributed by atoms with van der Waals surface area (Å²) in [5, 5.41) is 8.21. The zero-order chi connectivity index (χ0) is 4.57. The molecule has 1 aliphatic heterocycles. The van der Waals surface area contributed by atoms with Gasteiger partial charge in [-0.3, -0.25) is 0 Å². The van der Waals surface area contributed by atoms with E-state index in [2.05, 4.69) is 6.92 Å². The number of epoxide rings is 1. The van der Waals surface area contributed by atoms with Crippen molar-refractivity contribution in [3.8, 4) is 0 Å². The summed E-state index contributed by atoms with van der Waals surface area (Å²) >= 11 is 0. The van der Waals surface area contributed by atoms with Crippen LogP contribution in [0.25, 0.3) is 0 Å². The molecule has 0 aromatic carbocycles. The number of aliphatic hydroxyl groups excluding tert-OH is 1. The average Bonchev–Trinajstić information content (AvgIpc) is 2.19. The van der Waals surface area contributed by atoms with Crippen molar-refractivity contribution >= 4 is 0 Å². The van der Waals surface area contributed by atoms with Gasteiger partial charge < -0.3 is 9.84 Å². The number of rotatable bonds is 1. The predicted molar refractivity (Wildman–Crippen MR) is 21.1 cm³/mol. The molecule has 0 aliphatic carbocycles. The first-order valence-electron chi connectivity index (χ1n) is 1.94. The molecule has 0 aromatic heterocycles. The second-order valence-corrected chi connectivity index (χ2v) is 1.40. The lowest BCUT2D eigenvalue weighted by Crippen LogP contribution is -1.94. The van der Waals surface area contributed by atoms with Crippen LogP contribution in [0.3, 0.4) is 0 Å². The summed E-state index contributed by atoms with van der Waals surface area (Å²) in [6.45, 7) is 3.64. The van der Waals surface area contributed by atoms with Gasteiger partial charge in [0.1, 0.15) is 6.10 Å². The van der Waals surface area contributed by atoms with Gasteiger partial charge in [0.2, 0.25) is 0 Å². The first-order chi connectivity index (χ1) is 2.84. The van der Waals surface area contributed by atoms with Gasteiger partial charge in [-0.15, -0.1) is 0 Å². The van der Waals surface area contributed by atoms with Crippen LogP contribution in [0, 0.1) is 6.92 Å². The lowest BCUT2D eigenvalue weighted by atomic mass is 10.4. The second-order valence-electron chi connectivity index (χ2n) is 1.40. The van der Waals surface area contributed by atoms with E-state index >= 15 is 0 Å². The van der Waals surface area contributed by atoms with Crippen LogP contribution in [0.2, 0.25) is 0 Å². The van der Waals surface area contributed by atoms with E-state index in [1.807, 2.05) is 0 Å². The van der Waals surface area contributed by atoms with E-state index in [0.29, 0.717) is 0 Å². The van der Waals surface area contributed by atoms with Crippen LogP contribution in [0.5, 0.6) is 0 Å². The van der Waals surface area contributed by atoms with Gasteiger partial charge in [-0.2, -0.15) is 0 Å². The molecule has 1 fully saturated rings. The number of ether oxygens (including phenoxy) is 1. The van der Waals surface area contributed by atoms with Crippen molar-refractivity contribution in [2.45, 2.75) is 12.2 Å². The molecule has 1 N–H and O–H groups in total. The third-order valence-corrected chi connectivity index (χ3v) is 0.868. The van der Waals surface area contributed by atoms with Gasteiger partial charge in [0.15, 0.2) is 0 Å². The zero-order valence-electron chi connectivity index (χ0n) is 3.42. The number of aliphatic hydroxyl groups is 1. The van der Waals surface area contributed by atoms with Crippen LogP contribution >= 0.6 is 0 Å². The van der Waals surface area contributed by atoms with Crippen molar-refractivity contribution < 1.29 is 9.84 Å². The fourth-order valence-corrected chi connectivity index (χ4v) is 0.340. The van der Waals surface area contributed by atoms with Crippen molar-refractivity contribution in [1.29, 1.82) is 0 Å². The summed E-state index contributed by atoms with van der Waals surface area (Å²) in [6, 6.07) is 0. The molecule has 6 heavy (non-hydrogen) atoms. The molecule has 1 saturated heterocycles. The van der Waals surface area contributed by atoms with Crippen molar-refractivity contribution in [3.63, 3.8) is 0 Å². The summed E-state index contributed by atoms with van der Waals surface area (Å²) < 4.78 is 4.70. The Kier molecular flexibility index (Phi) is 0.821. The van der Waals surface area contributed by atoms with E-state index in [1.54, 1.807) is 0 Å². The third-order valence-electron chi connectivity index (χ3n) is 0.868. The molecule has 0 bridgehead atoms. The maximum atomic E-state index is 8.21. The molecule has 1 heterocycles. The molecular formula is C4H7O2. The third kappa shape index (κ3) is 0.533. The fraction of sp³-hybridized carbons (Fsp3) is 0.750. The molecule has 2 unspecified atom stereocenters. The van der Waals surface area contributed by atoms with Crippen molar-refractivity contribution in [1.82, 2.24) is 0 Å². The summed E-state index contributed by atoms with van der Waals surface area (Å²) in [5.74, 6) is 0. The van der Waals surface area contributed by atoms with E-state index in [-0.39, 0.29) is 18.8 Å². The molecule has 0 amide bonds. The Morgan fingerprint density at radius 1 is 1.83 bits per heavy atom. The van der Waals surface area contributed by atoms with Gasteiger partial charge in [0.25, 0.3) is 0 Å². The average molecular weight is 87.1 g/mol. The number of hydrogen-bond donors (Lipinski definition) is 1. The monoisotopic (exact) mass is 87.0 g/mol. The van der Waals surface area contributed by atoms with Gasteiger partial charge in [0, 0.05) is 0 Å². The van der Waals surface area contributed by atoms with Crippen molar-refractivity contribution in [2.75, 3.05) is 6.61 Å². The topological polar surface area (TPSA) is 32.8 Å². The largest absolute Gasteiger partial charge is 0.394 e. The first-order valence-corrected chi connectivity index (χ1v) is 1.94. The molecule has 2 atom stereocenters. The van der Waals surface area contributed by atoms with Crippen LogP contribution in [0.15, 0.2) is 0 Å². The van der Waals surface area contributed by atoms with Gasteiger partial charge >= 0.3 is 0 Å². The van der Waals surface area contributed by atoms with Gasteiger partial charge in [0.05, 0.1) is 12.7 Å². The minimum Gasteiger partial charge on any atom is -0.394 e. The quantitative estimate of drug-likeness (QED) is 0.440. The Labute approximate surface area is 36.7 Å². The van der Waals surface area contributed by atoms with Crippen LogP contribution in [-0.2, 0) is 4.74 Å². The van der Waals surface area contributed by atoms with Crippen LogP contribution < -0.4 is 0 Å². The van der Waals surface area contributed by atoms with E-state index < -0.39 is 0 Å². The first kappa shape index (κ1) is 4.09. The second kappa shape index (κ2) is 1.21. The van der Waals surface area contributed by atoms with Crippen molar-refractivity contribution in [2.24, 2.45) is 0 Å². The molecule has 1 radical (unpaired) electrons. The summed E-state index contributed by atoms with van der Waals surface area (Å²) in [7, 11) is 0. The molecule has 35 valence electrons. The molecule has 2 heteroatoms. The molecule has 0 saturated carbocycles. The van der Waals surface area contributed by atoms with Crippen LogP contribution in [-0.4, -0.2) is 23.9 Å². The number of hydrogen-bond acceptors (Lipinski definition) is 2. The van der Waals surface area contributed by atoms with Crippen LogP contribution in [0.1, 0.15) is 0 Å². The zero-order valence-corrected chi connectivity index (χ0v) is 3.42. The highest BCUT2D eigenvalue weighted by Gasteiger charge is 2.32. The Morgan fingerprint density at radius 3 is 2.33 bits per heavy atom. The summed E-state index contributed by atoms with van der Waals surface area (Å²) in [5.41, 5.74) is 0. The van der Waals surface area contributed by atoms with Gasteiger partial charge in [-0.25, -0.2) is 0 Å². The van der Waals surface area contributed by atoms with Gasteiger partial charge in [-0.05, 0) is 6.92 Å². The van der Waals surface area contributed by atoms with Crippen LogP contribution in [0.4, 0.5) is 0 Å². The maximum Gasteiger partial charge on any atom is 0.107 e. The summed E-state index contributed by atoms with van der Waals surface area (Å²) in [6.07, 6.45) is 0.111. The van der Waals surface area contributed by atoms with E-state index in [9.17, 15) is 0 Å². The normalized spacial score (nSPS) is 43.0. The molecule has 1 aliphatic rings. The Morgan fingerprint density at radius 2 is 2.33 bits per heavy atom. The Hall–Kier alpha value is -0.0800. The predicted octanol–water partition coefficient (Wildman–Crippen LogP) is -0.420. The lowest BCUT2D eigenvalue weighted by Gasteiger charge is -1.73. The SMILES string of the molecule is [CH2]C1OC1CO. The molecule has 1 rings (SSSR count). The molecular weight excluding hydrogens is 80.0 g/mol. The Balaban J connectivity index is 2.09. The highest BCUT2D eigenvalue weighted by Crippen LogP contribution is 2.18. The summed E-state index contributed by atoms with van der Waals surface area (Å²) in [4.78, 5) is 0. The molecule has 2 nitrogen and oxygen atoms in total. The highest BCUT2D eigenvalue weighted by molar-refractivity contribution is 4.85. The molecule has 0 aromatic rings. The smallest absolute Gasteiger partial charge is 0.107 e. The minimum atomic E-state index is 0.0463. The Bertz CT molecular complexity index is 51.5. The van der Waals surface area contributed by atoms with E-state index in [4.69, 9.17) is 9.84 Å². The molecule has 0 spiro atoms.